The summed E-state index contributed by atoms with van der Waals surface area (Å²) in [7, 11) is 0. The molecular formula is C20H20N4O. The molecule has 0 fully saturated rings. The highest BCUT2D eigenvalue weighted by Crippen LogP contribution is 2.15. The molecule has 1 unspecified atom stereocenters. The molecule has 0 aliphatic carbocycles. The molecule has 126 valence electrons. The van der Waals surface area contributed by atoms with Gasteiger partial charge in [-0.15, -0.1) is 0 Å². The summed E-state index contributed by atoms with van der Waals surface area (Å²) in [6.45, 7) is 3.97. The number of hydrogen-bond donors (Lipinski definition) is 2. The topological polar surface area (TPSA) is 66.9 Å². The molecule has 0 spiro atoms. The Labute approximate surface area is 147 Å². The number of anilines is 2. The molecule has 0 saturated heterocycles. The molecule has 5 nitrogen and oxygen atoms in total. The van der Waals surface area contributed by atoms with Gasteiger partial charge in [0.15, 0.2) is 0 Å². The number of hydrogen-bond acceptors (Lipinski definition) is 4. The molecule has 5 heteroatoms. The smallest absolute Gasteiger partial charge is 0.270 e. The first-order chi connectivity index (χ1) is 12.1. The Kier molecular flexibility index (Phi) is 5.04. The van der Waals surface area contributed by atoms with Crippen molar-refractivity contribution in [2.75, 3.05) is 5.32 Å². The number of carbonyl (C=O) groups excluding carboxylic acids is 1. The average molecular weight is 332 g/mol. The average Bonchev–Trinajstić information content (AvgIpc) is 2.64. The fourth-order valence-electron chi connectivity index (χ4n) is 2.41. The van der Waals surface area contributed by atoms with Crippen molar-refractivity contribution < 1.29 is 4.79 Å². The van der Waals surface area contributed by atoms with Gasteiger partial charge >= 0.3 is 0 Å². The summed E-state index contributed by atoms with van der Waals surface area (Å²) in [5.74, 6) is 0.162. The van der Waals surface area contributed by atoms with Crippen LogP contribution in [0.15, 0.2) is 66.9 Å². The lowest BCUT2D eigenvalue weighted by Crippen LogP contribution is -2.27. The Bertz CT molecular complexity index is 847. The fourth-order valence-corrected chi connectivity index (χ4v) is 2.41. The van der Waals surface area contributed by atoms with E-state index in [9.17, 15) is 4.79 Å². The first-order valence-electron chi connectivity index (χ1n) is 8.14. The van der Waals surface area contributed by atoms with Crippen molar-refractivity contribution in [2.24, 2.45) is 0 Å². The van der Waals surface area contributed by atoms with Gasteiger partial charge in [0.2, 0.25) is 5.95 Å². The van der Waals surface area contributed by atoms with Gasteiger partial charge in [-0.05, 0) is 37.6 Å². The Morgan fingerprint density at radius 1 is 1.00 bits per heavy atom. The van der Waals surface area contributed by atoms with Crippen molar-refractivity contribution in [3.05, 3.63) is 83.7 Å². The molecule has 1 heterocycles. The number of carbonyl (C=O) groups is 1. The van der Waals surface area contributed by atoms with Crippen LogP contribution < -0.4 is 10.6 Å². The zero-order valence-electron chi connectivity index (χ0n) is 14.2. The predicted octanol–water partition coefficient (Wildman–Crippen LogP) is 4.02. The minimum absolute atomic E-state index is 0.0998. The third-order valence-corrected chi connectivity index (χ3v) is 3.84. The summed E-state index contributed by atoms with van der Waals surface area (Å²) < 4.78 is 0. The van der Waals surface area contributed by atoms with Gasteiger partial charge in [-0.1, -0.05) is 48.0 Å². The zero-order chi connectivity index (χ0) is 17.6. The Morgan fingerprint density at radius 2 is 1.72 bits per heavy atom. The third kappa shape index (κ3) is 4.41. The van der Waals surface area contributed by atoms with Crippen molar-refractivity contribution in [2.45, 2.75) is 19.9 Å². The van der Waals surface area contributed by atoms with Crippen molar-refractivity contribution >= 4 is 17.5 Å². The monoisotopic (exact) mass is 332 g/mol. The lowest BCUT2D eigenvalue weighted by atomic mass is 10.1. The molecule has 2 aromatic carbocycles. The molecule has 0 saturated carbocycles. The van der Waals surface area contributed by atoms with E-state index in [1.165, 1.54) is 5.56 Å². The van der Waals surface area contributed by atoms with Gasteiger partial charge in [0.25, 0.3) is 5.91 Å². The van der Waals surface area contributed by atoms with E-state index in [2.05, 4.69) is 20.6 Å². The maximum absolute atomic E-state index is 12.4. The van der Waals surface area contributed by atoms with E-state index in [0.29, 0.717) is 11.6 Å². The highest BCUT2D eigenvalue weighted by atomic mass is 16.1. The molecule has 3 aromatic rings. The molecule has 2 N–H and O–H groups in total. The van der Waals surface area contributed by atoms with Gasteiger partial charge < -0.3 is 10.6 Å². The van der Waals surface area contributed by atoms with Crippen molar-refractivity contribution in [3.63, 3.8) is 0 Å². The van der Waals surface area contributed by atoms with E-state index in [-0.39, 0.29) is 11.9 Å². The quantitative estimate of drug-likeness (QED) is 0.740. The van der Waals surface area contributed by atoms with Crippen LogP contribution in [0.1, 0.15) is 34.6 Å². The van der Waals surface area contributed by atoms with Crippen LogP contribution in [-0.2, 0) is 0 Å². The molecule has 1 atom stereocenters. The van der Waals surface area contributed by atoms with E-state index in [1.807, 2.05) is 68.4 Å². The largest absolute Gasteiger partial charge is 0.344 e. The SMILES string of the molecule is Cc1ccc(Nc2nccc(C(=O)NC(C)c3ccccc3)n2)cc1. The van der Waals surface area contributed by atoms with Gasteiger partial charge in [-0.25, -0.2) is 9.97 Å². The van der Waals surface area contributed by atoms with Crippen LogP contribution >= 0.6 is 0 Å². The molecule has 1 aromatic heterocycles. The van der Waals surface area contributed by atoms with E-state index in [4.69, 9.17) is 0 Å². The number of aryl methyl sites for hydroxylation is 1. The summed E-state index contributed by atoms with van der Waals surface area (Å²) in [4.78, 5) is 20.9. The minimum Gasteiger partial charge on any atom is -0.344 e. The molecule has 1 amide bonds. The van der Waals surface area contributed by atoms with Crippen molar-refractivity contribution in [1.29, 1.82) is 0 Å². The van der Waals surface area contributed by atoms with E-state index >= 15 is 0 Å². The third-order valence-electron chi connectivity index (χ3n) is 3.84. The molecule has 0 radical (unpaired) electrons. The molecule has 0 aliphatic rings. The number of rotatable bonds is 5. The summed E-state index contributed by atoms with van der Waals surface area (Å²) in [5, 5.41) is 6.06. The molecule has 25 heavy (non-hydrogen) atoms. The summed E-state index contributed by atoms with van der Waals surface area (Å²) in [6.07, 6.45) is 1.58. The zero-order valence-corrected chi connectivity index (χ0v) is 14.2. The fraction of sp³-hybridized carbons (Fsp3) is 0.150. The Hall–Kier alpha value is -3.21. The van der Waals surface area contributed by atoms with Crippen molar-refractivity contribution in [3.8, 4) is 0 Å². The second-order valence-corrected chi connectivity index (χ2v) is 5.86. The maximum Gasteiger partial charge on any atom is 0.270 e. The second kappa shape index (κ2) is 7.57. The summed E-state index contributed by atoms with van der Waals surface area (Å²) >= 11 is 0. The van der Waals surface area contributed by atoms with Crippen LogP contribution in [-0.4, -0.2) is 15.9 Å². The lowest BCUT2D eigenvalue weighted by Gasteiger charge is -2.14. The van der Waals surface area contributed by atoms with Crippen molar-refractivity contribution in [1.82, 2.24) is 15.3 Å². The standard InChI is InChI=1S/C20H20N4O/c1-14-8-10-17(11-9-14)23-20-21-13-12-18(24-20)19(25)22-15(2)16-6-4-3-5-7-16/h3-13,15H,1-2H3,(H,22,25)(H,21,23,24). The molecule has 3 rings (SSSR count). The van der Waals surface area contributed by atoms with E-state index in [0.717, 1.165) is 11.3 Å². The molecule has 0 aliphatic heterocycles. The predicted molar refractivity (Wildman–Crippen MR) is 98.8 cm³/mol. The second-order valence-electron chi connectivity index (χ2n) is 5.86. The number of benzene rings is 2. The summed E-state index contributed by atoms with van der Waals surface area (Å²) in [5.41, 5.74) is 3.42. The first kappa shape index (κ1) is 16.6. The van der Waals surface area contributed by atoms with Crippen LogP contribution in [0.3, 0.4) is 0 Å². The van der Waals surface area contributed by atoms with Gasteiger partial charge in [-0.3, -0.25) is 4.79 Å². The minimum atomic E-state index is -0.231. The molecule has 0 bridgehead atoms. The normalized spacial score (nSPS) is 11.6. The number of aromatic nitrogens is 2. The molecular weight excluding hydrogens is 312 g/mol. The summed E-state index contributed by atoms with van der Waals surface area (Å²) in [6, 6.07) is 19.2. The van der Waals surface area contributed by atoms with Gasteiger partial charge in [0, 0.05) is 11.9 Å². The highest BCUT2D eigenvalue weighted by Gasteiger charge is 2.13. The van der Waals surface area contributed by atoms with Crippen LogP contribution in [0, 0.1) is 6.92 Å². The highest BCUT2D eigenvalue weighted by molar-refractivity contribution is 5.92. The maximum atomic E-state index is 12.4. The van der Waals surface area contributed by atoms with Crippen LogP contribution in [0.25, 0.3) is 0 Å². The van der Waals surface area contributed by atoms with Crippen LogP contribution in [0.5, 0.6) is 0 Å². The Balaban J connectivity index is 1.70. The lowest BCUT2D eigenvalue weighted by molar-refractivity contribution is 0.0935. The van der Waals surface area contributed by atoms with Gasteiger partial charge in [-0.2, -0.15) is 0 Å². The first-order valence-corrected chi connectivity index (χ1v) is 8.14. The number of amides is 1. The van der Waals surface area contributed by atoms with Gasteiger partial charge in [0.1, 0.15) is 5.69 Å². The number of nitrogens with one attached hydrogen (secondary N) is 2. The van der Waals surface area contributed by atoms with E-state index in [1.54, 1.807) is 12.3 Å². The van der Waals surface area contributed by atoms with Crippen LogP contribution in [0.2, 0.25) is 0 Å². The van der Waals surface area contributed by atoms with E-state index < -0.39 is 0 Å². The Morgan fingerprint density at radius 3 is 2.44 bits per heavy atom. The number of nitrogens with zero attached hydrogens (tertiary/aromatic N) is 2. The van der Waals surface area contributed by atoms with Crippen LogP contribution in [0.4, 0.5) is 11.6 Å². The van der Waals surface area contributed by atoms with Gasteiger partial charge in [0.05, 0.1) is 6.04 Å².